The number of halogens is 1. The van der Waals surface area contributed by atoms with Crippen LogP contribution in [0, 0.1) is 6.92 Å². The Labute approximate surface area is 173 Å². The molecule has 6 heteroatoms. The number of benzene rings is 2. The number of nitrogens with one attached hydrogen (secondary N) is 1. The molecule has 0 fully saturated rings. The van der Waals surface area contributed by atoms with Gasteiger partial charge in [-0.3, -0.25) is 0 Å². The van der Waals surface area contributed by atoms with Crippen LogP contribution in [0.1, 0.15) is 25.0 Å². The molecule has 0 unspecified atom stereocenters. The van der Waals surface area contributed by atoms with Crippen LogP contribution in [0.4, 0.5) is 11.8 Å². The van der Waals surface area contributed by atoms with Crippen LogP contribution in [0.3, 0.4) is 0 Å². The summed E-state index contributed by atoms with van der Waals surface area (Å²) in [6, 6.07) is 17.2. The minimum Gasteiger partial charge on any atom is -0.368 e. The Bertz CT molecular complexity index is 929. The maximum atomic E-state index is 5.95. The van der Waals surface area contributed by atoms with Crippen LogP contribution in [0.2, 0.25) is 0 Å². The van der Waals surface area contributed by atoms with E-state index in [2.05, 4.69) is 94.5 Å². The van der Waals surface area contributed by atoms with E-state index in [-0.39, 0.29) is 12.0 Å². The fourth-order valence-corrected chi connectivity index (χ4v) is 4.20. The summed E-state index contributed by atoms with van der Waals surface area (Å²) in [6.45, 7) is 6.23. The third-order valence-corrected chi connectivity index (χ3v) is 5.81. The van der Waals surface area contributed by atoms with Crippen LogP contribution in [-0.4, -0.2) is 16.0 Å². The summed E-state index contributed by atoms with van der Waals surface area (Å²) in [6.07, 6.45) is 0. The summed E-state index contributed by atoms with van der Waals surface area (Å²) in [7, 11) is 0. The summed E-state index contributed by atoms with van der Waals surface area (Å²) in [5.74, 6) is 1.93. The zero-order valence-corrected chi connectivity index (χ0v) is 18.1. The van der Waals surface area contributed by atoms with E-state index in [1.807, 2.05) is 17.8 Å². The Kier molecular flexibility index (Phi) is 6.39. The number of anilines is 2. The third kappa shape index (κ3) is 5.02. The van der Waals surface area contributed by atoms with Crippen LogP contribution in [0.5, 0.6) is 0 Å². The zero-order valence-electron chi connectivity index (χ0n) is 15.7. The maximum absolute atomic E-state index is 5.95. The zero-order chi connectivity index (χ0) is 19.4. The van der Waals surface area contributed by atoms with Crippen LogP contribution in [-0.2, 0) is 5.75 Å². The first-order valence-corrected chi connectivity index (χ1v) is 10.6. The van der Waals surface area contributed by atoms with Gasteiger partial charge in [-0.25, -0.2) is 4.98 Å². The van der Waals surface area contributed by atoms with Gasteiger partial charge in [-0.15, -0.1) is 11.8 Å². The Balaban J connectivity index is 1.86. The van der Waals surface area contributed by atoms with E-state index in [1.165, 1.54) is 10.5 Å². The van der Waals surface area contributed by atoms with Crippen molar-refractivity contribution in [1.82, 2.24) is 9.97 Å². The highest BCUT2D eigenvalue weighted by molar-refractivity contribution is 9.10. The quantitative estimate of drug-likeness (QED) is 0.464. The second-order valence-corrected chi connectivity index (χ2v) is 8.48. The number of nitrogens with two attached hydrogens (primary N) is 1. The second kappa shape index (κ2) is 8.76. The van der Waals surface area contributed by atoms with Gasteiger partial charge >= 0.3 is 0 Å². The molecule has 0 atom stereocenters. The molecule has 3 aromatic rings. The fourth-order valence-electron chi connectivity index (χ4n) is 2.74. The molecule has 0 radical (unpaired) electrons. The van der Waals surface area contributed by atoms with E-state index in [1.54, 1.807) is 0 Å². The van der Waals surface area contributed by atoms with Crippen LogP contribution in [0.25, 0.3) is 11.3 Å². The number of hydrogen-bond donors (Lipinski definition) is 2. The molecule has 0 spiro atoms. The van der Waals surface area contributed by atoms with Crippen molar-refractivity contribution in [3.63, 3.8) is 0 Å². The molecule has 0 bridgehead atoms. The number of thioether (sulfide) groups is 1. The maximum Gasteiger partial charge on any atom is 0.222 e. The molecule has 0 saturated carbocycles. The lowest BCUT2D eigenvalue weighted by Gasteiger charge is -2.15. The van der Waals surface area contributed by atoms with Crippen molar-refractivity contribution in [2.24, 2.45) is 0 Å². The first-order valence-electron chi connectivity index (χ1n) is 8.81. The lowest BCUT2D eigenvalue weighted by Crippen LogP contribution is -2.13. The lowest BCUT2D eigenvalue weighted by molar-refractivity contribution is 0.885. The highest BCUT2D eigenvalue weighted by Crippen LogP contribution is 2.36. The van der Waals surface area contributed by atoms with E-state index in [4.69, 9.17) is 5.73 Å². The van der Waals surface area contributed by atoms with Gasteiger partial charge in [0.05, 0.1) is 10.2 Å². The van der Waals surface area contributed by atoms with Gasteiger partial charge in [-0.05, 0) is 60.0 Å². The van der Waals surface area contributed by atoms with Crippen LogP contribution >= 0.6 is 27.7 Å². The predicted molar refractivity (Wildman–Crippen MR) is 119 cm³/mol. The van der Waals surface area contributed by atoms with Gasteiger partial charge in [0.1, 0.15) is 5.82 Å². The largest absolute Gasteiger partial charge is 0.368 e. The average Bonchev–Trinajstić information content (AvgIpc) is 2.63. The molecule has 0 aliphatic rings. The van der Waals surface area contributed by atoms with Crippen molar-refractivity contribution in [1.29, 1.82) is 0 Å². The van der Waals surface area contributed by atoms with Crippen molar-refractivity contribution < 1.29 is 0 Å². The van der Waals surface area contributed by atoms with Gasteiger partial charge in [-0.1, -0.05) is 36.4 Å². The highest BCUT2D eigenvalue weighted by Gasteiger charge is 2.15. The van der Waals surface area contributed by atoms with Crippen molar-refractivity contribution in [3.05, 3.63) is 64.1 Å². The van der Waals surface area contributed by atoms with Gasteiger partial charge in [0, 0.05) is 22.3 Å². The number of nitrogens with zero attached hydrogens (tertiary/aromatic N) is 2. The number of nitrogen functional groups attached to an aromatic ring is 1. The second-order valence-electron chi connectivity index (χ2n) is 6.64. The minimum absolute atomic E-state index is 0.251. The fraction of sp³-hybridized carbons (Fsp3) is 0.238. The summed E-state index contributed by atoms with van der Waals surface area (Å²) in [4.78, 5) is 10.0. The molecule has 3 N–H and O–H groups in total. The molecule has 0 amide bonds. The van der Waals surface area contributed by atoms with E-state index >= 15 is 0 Å². The van der Waals surface area contributed by atoms with Gasteiger partial charge < -0.3 is 11.1 Å². The van der Waals surface area contributed by atoms with E-state index in [0.29, 0.717) is 0 Å². The summed E-state index contributed by atoms with van der Waals surface area (Å²) in [5.41, 5.74) is 10.3. The SMILES string of the molecule is Cc1cc(SCc2ccccc2)ccc1-c1nc(N)nc(NC(C)C)c1Br. The van der Waals surface area contributed by atoms with Crippen LogP contribution in [0.15, 0.2) is 57.9 Å². The molecule has 3 rings (SSSR count). The van der Waals surface area contributed by atoms with Gasteiger partial charge in [0.25, 0.3) is 0 Å². The smallest absolute Gasteiger partial charge is 0.222 e. The summed E-state index contributed by atoms with van der Waals surface area (Å²) < 4.78 is 0.832. The standard InChI is InChI=1S/C21H23BrN4S/c1-13(2)24-20-18(22)19(25-21(23)26-20)17-10-9-16(11-14(17)3)27-12-15-7-5-4-6-8-15/h4-11,13H,12H2,1-3H3,(H3,23,24,25,26). The molecule has 1 heterocycles. The molecule has 2 aromatic carbocycles. The number of aromatic nitrogens is 2. The molecule has 0 aliphatic heterocycles. The van der Waals surface area contributed by atoms with Crippen molar-refractivity contribution >= 4 is 39.5 Å². The molecule has 4 nitrogen and oxygen atoms in total. The van der Waals surface area contributed by atoms with Gasteiger partial charge in [0.15, 0.2) is 0 Å². The number of rotatable bonds is 6. The lowest BCUT2D eigenvalue weighted by atomic mass is 10.1. The van der Waals surface area contributed by atoms with E-state index < -0.39 is 0 Å². The Morgan fingerprint density at radius 3 is 2.52 bits per heavy atom. The molecule has 1 aromatic heterocycles. The third-order valence-electron chi connectivity index (χ3n) is 4.00. The van der Waals surface area contributed by atoms with Crippen molar-refractivity contribution in [3.8, 4) is 11.3 Å². The normalized spacial score (nSPS) is 11.0. The number of aryl methyl sites for hydroxylation is 1. The molecule has 0 aliphatic carbocycles. The molecular weight excluding hydrogens is 420 g/mol. The van der Waals surface area contributed by atoms with Gasteiger partial charge in [0.2, 0.25) is 5.95 Å². The van der Waals surface area contributed by atoms with Crippen molar-refractivity contribution in [2.75, 3.05) is 11.1 Å². The first kappa shape index (κ1) is 19.7. The summed E-state index contributed by atoms with van der Waals surface area (Å²) in [5, 5.41) is 3.31. The first-order chi connectivity index (χ1) is 12.9. The topological polar surface area (TPSA) is 63.8 Å². The molecule has 140 valence electrons. The van der Waals surface area contributed by atoms with E-state index in [9.17, 15) is 0 Å². The highest BCUT2D eigenvalue weighted by atomic mass is 79.9. The Hall–Kier alpha value is -2.05. The summed E-state index contributed by atoms with van der Waals surface area (Å²) >= 11 is 5.48. The average molecular weight is 443 g/mol. The Morgan fingerprint density at radius 2 is 1.85 bits per heavy atom. The molecule has 27 heavy (non-hydrogen) atoms. The minimum atomic E-state index is 0.251. The predicted octanol–water partition coefficient (Wildman–Crippen LogP) is 5.91. The Morgan fingerprint density at radius 1 is 1.11 bits per heavy atom. The van der Waals surface area contributed by atoms with Gasteiger partial charge in [-0.2, -0.15) is 4.98 Å². The van der Waals surface area contributed by atoms with Crippen molar-refractivity contribution in [2.45, 2.75) is 37.5 Å². The molecular formula is C21H23BrN4S. The number of hydrogen-bond acceptors (Lipinski definition) is 5. The molecule has 0 saturated heterocycles. The van der Waals surface area contributed by atoms with E-state index in [0.717, 1.165) is 32.9 Å². The monoisotopic (exact) mass is 442 g/mol. The van der Waals surface area contributed by atoms with Crippen LogP contribution < -0.4 is 11.1 Å².